The van der Waals surface area contributed by atoms with Crippen molar-refractivity contribution < 1.29 is 14.7 Å². The van der Waals surface area contributed by atoms with E-state index >= 15 is 0 Å². The minimum Gasteiger partial charge on any atom is -0.375 e. The number of hydrogen-bond acceptors (Lipinski definition) is 4. The normalized spacial score (nSPS) is 17.9. The summed E-state index contributed by atoms with van der Waals surface area (Å²) in [6, 6.07) is 24.3. The summed E-state index contributed by atoms with van der Waals surface area (Å²) in [5.74, 6) is -0.799. The van der Waals surface area contributed by atoms with E-state index in [2.05, 4.69) is 0 Å². The van der Waals surface area contributed by atoms with E-state index in [1.807, 2.05) is 54.6 Å². The van der Waals surface area contributed by atoms with Gasteiger partial charge in [-0.15, -0.1) is 11.3 Å². The van der Waals surface area contributed by atoms with Crippen molar-refractivity contribution in [3.05, 3.63) is 99.2 Å². The number of rotatable bonds is 5. The van der Waals surface area contributed by atoms with Gasteiger partial charge in [-0.1, -0.05) is 72.3 Å². The number of anilines is 1. The van der Waals surface area contributed by atoms with Crippen LogP contribution in [0.4, 0.5) is 5.69 Å². The summed E-state index contributed by atoms with van der Waals surface area (Å²) in [7, 11) is 0. The van der Waals surface area contributed by atoms with Gasteiger partial charge in [0, 0.05) is 5.56 Å². The molecule has 1 N–H and O–H groups in total. The van der Waals surface area contributed by atoms with Crippen molar-refractivity contribution in [3.8, 4) is 0 Å². The molecule has 4 nitrogen and oxygen atoms in total. The Labute approximate surface area is 188 Å². The van der Waals surface area contributed by atoms with E-state index in [1.165, 1.54) is 0 Å². The number of halogens is 1. The first-order valence-electron chi connectivity index (χ1n) is 9.86. The smallest absolute Gasteiger partial charge is 0.264 e. The Hall–Kier alpha value is -2.99. The van der Waals surface area contributed by atoms with Crippen LogP contribution >= 0.6 is 22.9 Å². The highest BCUT2D eigenvalue weighted by atomic mass is 35.5. The summed E-state index contributed by atoms with van der Waals surface area (Å²) >= 11 is 7.10. The summed E-state index contributed by atoms with van der Waals surface area (Å²) in [5.41, 5.74) is 0.146. The molecule has 31 heavy (non-hydrogen) atoms. The number of thiophene rings is 1. The molecule has 1 aromatic heterocycles. The number of hydrogen-bond donors (Lipinski definition) is 1. The predicted octanol–water partition coefficient (Wildman–Crippen LogP) is 5.56. The summed E-state index contributed by atoms with van der Waals surface area (Å²) in [5, 5.41) is 13.6. The van der Waals surface area contributed by atoms with Crippen molar-refractivity contribution in [2.75, 3.05) is 4.90 Å². The largest absolute Gasteiger partial charge is 0.375 e. The predicted molar refractivity (Wildman–Crippen MR) is 124 cm³/mol. The Bertz CT molecular complexity index is 1330. The Morgan fingerprint density at radius 2 is 1.71 bits per heavy atom. The van der Waals surface area contributed by atoms with Gasteiger partial charge in [0.1, 0.15) is 0 Å². The molecule has 1 aliphatic rings. The van der Waals surface area contributed by atoms with E-state index in [9.17, 15) is 14.7 Å². The topological polar surface area (TPSA) is 57.6 Å². The van der Waals surface area contributed by atoms with Crippen LogP contribution in [0.2, 0.25) is 4.34 Å². The fourth-order valence-corrected chi connectivity index (χ4v) is 5.20. The Morgan fingerprint density at radius 1 is 0.968 bits per heavy atom. The Kier molecular flexibility index (Phi) is 4.89. The quantitative estimate of drug-likeness (QED) is 0.407. The highest BCUT2D eigenvalue weighted by Gasteiger charge is 2.50. The molecule has 0 saturated heterocycles. The van der Waals surface area contributed by atoms with Crippen LogP contribution in [0.1, 0.15) is 27.2 Å². The van der Waals surface area contributed by atoms with Gasteiger partial charge in [-0.2, -0.15) is 0 Å². The van der Waals surface area contributed by atoms with E-state index in [0.29, 0.717) is 27.0 Å². The van der Waals surface area contributed by atoms with E-state index in [0.717, 1.165) is 27.7 Å². The molecular formula is C25H18ClNO3S. The van der Waals surface area contributed by atoms with Crippen molar-refractivity contribution >= 4 is 51.1 Å². The molecule has 2 heterocycles. The molecule has 0 bridgehead atoms. The van der Waals surface area contributed by atoms with Crippen molar-refractivity contribution in [1.29, 1.82) is 0 Å². The summed E-state index contributed by atoms with van der Waals surface area (Å²) in [4.78, 5) is 28.3. The Morgan fingerprint density at radius 3 is 2.52 bits per heavy atom. The number of amides is 1. The lowest BCUT2D eigenvalue weighted by atomic mass is 9.89. The number of para-hydroxylation sites is 1. The van der Waals surface area contributed by atoms with Gasteiger partial charge in [0.15, 0.2) is 11.4 Å². The monoisotopic (exact) mass is 447 g/mol. The second kappa shape index (κ2) is 7.61. The lowest BCUT2D eigenvalue weighted by Crippen LogP contribution is -2.41. The minimum atomic E-state index is -1.91. The second-order valence-electron chi connectivity index (χ2n) is 7.61. The first-order chi connectivity index (χ1) is 15.0. The third-order valence-electron chi connectivity index (χ3n) is 5.71. The fraction of sp³-hybridized carbons (Fsp3) is 0.120. The van der Waals surface area contributed by atoms with Crippen LogP contribution in [0.25, 0.3) is 10.8 Å². The van der Waals surface area contributed by atoms with Gasteiger partial charge < -0.3 is 10.0 Å². The van der Waals surface area contributed by atoms with Gasteiger partial charge in [-0.05, 0) is 34.5 Å². The zero-order chi connectivity index (χ0) is 21.6. The molecule has 0 aliphatic carbocycles. The minimum absolute atomic E-state index is 0.304. The van der Waals surface area contributed by atoms with E-state index in [4.69, 9.17) is 11.6 Å². The maximum atomic E-state index is 13.5. The molecule has 0 fully saturated rings. The summed E-state index contributed by atoms with van der Waals surface area (Å²) < 4.78 is 0.492. The average molecular weight is 448 g/mol. The van der Waals surface area contributed by atoms with E-state index in [-0.39, 0.29) is 12.2 Å². The molecule has 6 heteroatoms. The lowest BCUT2D eigenvalue weighted by molar-refractivity contribution is -0.136. The standard InChI is InChI=1S/C25H18ClNO3S/c26-23-13-12-22(31-23)21(28)14-25(30)19-10-3-4-11-20(19)27(24(25)29)15-17-8-5-7-16-6-1-2-9-18(16)17/h1-13,30H,14-15H2/t25-/m0/s1. The number of Topliss-reactive ketones (excluding diaryl/α,β-unsaturated/α-hetero) is 1. The van der Waals surface area contributed by atoms with Crippen molar-refractivity contribution in [1.82, 2.24) is 0 Å². The van der Waals surface area contributed by atoms with Crippen LogP contribution in [0, 0.1) is 0 Å². The number of nitrogens with zero attached hydrogens (tertiary/aromatic N) is 1. The highest BCUT2D eigenvalue weighted by Crippen LogP contribution is 2.44. The van der Waals surface area contributed by atoms with Gasteiger partial charge in [0.25, 0.3) is 5.91 Å². The summed E-state index contributed by atoms with van der Waals surface area (Å²) in [6.07, 6.45) is -0.328. The molecular weight excluding hydrogens is 430 g/mol. The van der Waals surface area contributed by atoms with Gasteiger partial charge in [-0.25, -0.2) is 0 Å². The third kappa shape index (κ3) is 3.35. The molecule has 1 aliphatic heterocycles. The fourth-order valence-electron chi connectivity index (χ4n) is 4.22. The number of fused-ring (bicyclic) bond motifs is 2. The third-order valence-corrected chi connectivity index (χ3v) is 6.98. The molecule has 1 amide bonds. The van der Waals surface area contributed by atoms with Gasteiger partial charge >= 0.3 is 0 Å². The molecule has 0 unspecified atom stereocenters. The van der Waals surface area contributed by atoms with Crippen molar-refractivity contribution in [2.45, 2.75) is 18.6 Å². The average Bonchev–Trinajstić information content (AvgIpc) is 3.30. The van der Waals surface area contributed by atoms with Crippen molar-refractivity contribution in [2.24, 2.45) is 0 Å². The molecule has 1 atom stereocenters. The second-order valence-corrected chi connectivity index (χ2v) is 9.33. The maximum Gasteiger partial charge on any atom is 0.264 e. The first-order valence-corrected chi connectivity index (χ1v) is 11.1. The van der Waals surface area contributed by atoms with E-state index in [1.54, 1.807) is 29.2 Å². The Balaban J connectivity index is 1.53. The van der Waals surface area contributed by atoms with Crippen molar-refractivity contribution in [3.63, 3.8) is 0 Å². The molecule has 0 radical (unpaired) electrons. The van der Waals surface area contributed by atoms with Gasteiger partial charge in [0.2, 0.25) is 0 Å². The summed E-state index contributed by atoms with van der Waals surface area (Å²) in [6.45, 7) is 0.304. The first kappa shape index (κ1) is 19.9. The highest BCUT2D eigenvalue weighted by molar-refractivity contribution is 7.18. The lowest BCUT2D eigenvalue weighted by Gasteiger charge is -2.23. The van der Waals surface area contributed by atoms with Gasteiger partial charge in [-0.3, -0.25) is 9.59 Å². The number of ketones is 1. The van der Waals surface area contributed by atoms with Crippen LogP contribution in [-0.4, -0.2) is 16.8 Å². The zero-order valence-electron chi connectivity index (χ0n) is 16.4. The van der Waals surface area contributed by atoms with Crippen LogP contribution < -0.4 is 4.90 Å². The van der Waals surface area contributed by atoms with Crippen LogP contribution in [0.5, 0.6) is 0 Å². The molecule has 4 aromatic rings. The molecule has 5 rings (SSSR count). The zero-order valence-corrected chi connectivity index (χ0v) is 18.0. The molecule has 154 valence electrons. The molecule has 0 spiro atoms. The van der Waals surface area contributed by atoms with Crippen LogP contribution in [0.15, 0.2) is 78.9 Å². The number of carbonyl (C=O) groups excluding carboxylic acids is 2. The van der Waals surface area contributed by atoms with Crippen LogP contribution in [-0.2, 0) is 16.9 Å². The molecule has 3 aromatic carbocycles. The van der Waals surface area contributed by atoms with Gasteiger partial charge in [0.05, 0.1) is 27.9 Å². The van der Waals surface area contributed by atoms with E-state index < -0.39 is 11.5 Å². The number of aliphatic hydroxyl groups is 1. The number of carbonyl (C=O) groups is 2. The SMILES string of the molecule is O=C(C[C@@]1(O)C(=O)N(Cc2cccc3ccccc23)c2ccccc21)c1ccc(Cl)s1. The maximum absolute atomic E-state index is 13.5. The number of benzene rings is 3. The molecule has 0 saturated carbocycles. The van der Waals surface area contributed by atoms with Crippen LogP contribution in [0.3, 0.4) is 0 Å².